The van der Waals surface area contributed by atoms with Crippen molar-refractivity contribution in [2.75, 3.05) is 19.8 Å². The molecule has 0 unspecified atom stereocenters. The molecule has 1 aromatic rings. The third-order valence-electron chi connectivity index (χ3n) is 4.39. The molecule has 0 radical (unpaired) electrons. The minimum atomic E-state index is 0.0887. The number of ether oxygens (including phenoxy) is 1. The SMILES string of the molecule is Cc1oc(CN2CCOCC2(C)C)cc1CNC1CC1. The molecule has 1 aromatic heterocycles. The fourth-order valence-electron chi connectivity index (χ4n) is 2.75. The molecule has 0 bridgehead atoms. The minimum Gasteiger partial charge on any atom is -0.465 e. The Labute approximate surface area is 121 Å². The molecule has 1 aliphatic heterocycles. The number of rotatable bonds is 5. The molecule has 112 valence electrons. The summed E-state index contributed by atoms with van der Waals surface area (Å²) in [4.78, 5) is 2.45. The van der Waals surface area contributed by atoms with Crippen molar-refractivity contribution in [1.82, 2.24) is 10.2 Å². The van der Waals surface area contributed by atoms with Gasteiger partial charge in [0.05, 0.1) is 19.8 Å². The quantitative estimate of drug-likeness (QED) is 0.898. The van der Waals surface area contributed by atoms with Gasteiger partial charge < -0.3 is 14.5 Å². The highest BCUT2D eigenvalue weighted by Crippen LogP contribution is 2.25. The van der Waals surface area contributed by atoms with Crippen molar-refractivity contribution in [2.45, 2.75) is 58.3 Å². The number of hydrogen-bond acceptors (Lipinski definition) is 4. The Morgan fingerprint density at radius 3 is 2.90 bits per heavy atom. The van der Waals surface area contributed by atoms with E-state index < -0.39 is 0 Å². The molecule has 4 nitrogen and oxygen atoms in total. The molecule has 1 N–H and O–H groups in total. The summed E-state index contributed by atoms with van der Waals surface area (Å²) >= 11 is 0. The monoisotopic (exact) mass is 278 g/mol. The first-order valence-corrected chi connectivity index (χ1v) is 7.69. The van der Waals surface area contributed by atoms with Gasteiger partial charge in [-0.25, -0.2) is 0 Å². The molecule has 4 heteroatoms. The van der Waals surface area contributed by atoms with Crippen LogP contribution in [0.5, 0.6) is 0 Å². The van der Waals surface area contributed by atoms with Gasteiger partial charge >= 0.3 is 0 Å². The zero-order chi connectivity index (χ0) is 14.2. The third kappa shape index (κ3) is 3.25. The van der Waals surface area contributed by atoms with Crippen LogP contribution in [0.3, 0.4) is 0 Å². The van der Waals surface area contributed by atoms with Gasteiger partial charge in [0, 0.05) is 30.2 Å². The highest BCUT2D eigenvalue weighted by Gasteiger charge is 2.31. The van der Waals surface area contributed by atoms with Crippen LogP contribution in [0.1, 0.15) is 43.8 Å². The molecule has 0 atom stereocenters. The Morgan fingerprint density at radius 2 is 2.20 bits per heavy atom. The number of hydrogen-bond donors (Lipinski definition) is 1. The van der Waals surface area contributed by atoms with Crippen LogP contribution in [-0.2, 0) is 17.8 Å². The van der Waals surface area contributed by atoms with E-state index in [1.54, 1.807) is 0 Å². The van der Waals surface area contributed by atoms with Crippen LogP contribution in [0.15, 0.2) is 10.5 Å². The van der Waals surface area contributed by atoms with Crippen LogP contribution in [0, 0.1) is 6.92 Å². The molecule has 3 rings (SSSR count). The number of morpholine rings is 1. The summed E-state index contributed by atoms with van der Waals surface area (Å²) in [5, 5.41) is 3.55. The molecule has 1 saturated carbocycles. The molecule has 20 heavy (non-hydrogen) atoms. The van der Waals surface area contributed by atoms with E-state index in [1.807, 2.05) is 0 Å². The van der Waals surface area contributed by atoms with Crippen molar-refractivity contribution in [2.24, 2.45) is 0 Å². The summed E-state index contributed by atoms with van der Waals surface area (Å²) in [6.07, 6.45) is 2.65. The Bertz CT molecular complexity index is 463. The normalized spacial score (nSPS) is 23.1. The summed E-state index contributed by atoms with van der Waals surface area (Å²) in [5.41, 5.74) is 1.39. The van der Waals surface area contributed by atoms with E-state index in [1.165, 1.54) is 18.4 Å². The van der Waals surface area contributed by atoms with Crippen LogP contribution in [0.2, 0.25) is 0 Å². The lowest BCUT2D eigenvalue weighted by Crippen LogP contribution is -2.52. The molecular weight excluding hydrogens is 252 g/mol. The van der Waals surface area contributed by atoms with Crippen LogP contribution in [0.25, 0.3) is 0 Å². The van der Waals surface area contributed by atoms with E-state index in [0.29, 0.717) is 0 Å². The van der Waals surface area contributed by atoms with Crippen molar-refractivity contribution < 1.29 is 9.15 Å². The lowest BCUT2D eigenvalue weighted by Gasteiger charge is -2.41. The molecule has 1 saturated heterocycles. The summed E-state index contributed by atoms with van der Waals surface area (Å²) in [6, 6.07) is 2.96. The number of nitrogens with zero attached hydrogens (tertiary/aromatic N) is 1. The second kappa shape index (κ2) is 5.51. The van der Waals surface area contributed by atoms with Crippen LogP contribution in [0.4, 0.5) is 0 Å². The van der Waals surface area contributed by atoms with E-state index in [4.69, 9.17) is 9.15 Å². The first-order chi connectivity index (χ1) is 9.54. The predicted molar refractivity (Wildman–Crippen MR) is 78.6 cm³/mol. The standard InChI is InChI=1S/C16H26N2O2/c1-12-13(9-17-14-4-5-14)8-15(20-12)10-18-6-7-19-11-16(18,2)3/h8,14,17H,4-7,9-11H2,1-3H3. The highest BCUT2D eigenvalue weighted by atomic mass is 16.5. The average Bonchev–Trinajstić information content (AvgIpc) is 3.14. The molecule has 2 fully saturated rings. The largest absolute Gasteiger partial charge is 0.465 e. The topological polar surface area (TPSA) is 37.6 Å². The maximum absolute atomic E-state index is 5.94. The van der Waals surface area contributed by atoms with E-state index in [2.05, 4.69) is 37.1 Å². The maximum atomic E-state index is 5.94. The second-order valence-corrected chi connectivity index (χ2v) is 6.74. The van der Waals surface area contributed by atoms with Gasteiger partial charge in [0.25, 0.3) is 0 Å². The number of aryl methyl sites for hydroxylation is 1. The summed E-state index contributed by atoms with van der Waals surface area (Å²) in [5.74, 6) is 2.13. The van der Waals surface area contributed by atoms with Gasteiger partial charge in [0.1, 0.15) is 11.5 Å². The minimum absolute atomic E-state index is 0.0887. The van der Waals surface area contributed by atoms with Crippen molar-refractivity contribution in [1.29, 1.82) is 0 Å². The molecule has 0 spiro atoms. The lowest BCUT2D eigenvalue weighted by atomic mass is 10.0. The first-order valence-electron chi connectivity index (χ1n) is 7.69. The van der Waals surface area contributed by atoms with Gasteiger partial charge in [-0.1, -0.05) is 0 Å². The average molecular weight is 278 g/mol. The lowest BCUT2D eigenvalue weighted by molar-refractivity contribution is -0.0577. The summed E-state index contributed by atoms with van der Waals surface area (Å²) in [7, 11) is 0. The van der Waals surface area contributed by atoms with Gasteiger partial charge in [-0.2, -0.15) is 0 Å². The smallest absolute Gasteiger partial charge is 0.118 e. The summed E-state index contributed by atoms with van der Waals surface area (Å²) < 4.78 is 11.5. The zero-order valence-electron chi connectivity index (χ0n) is 12.9. The molecule has 0 amide bonds. The third-order valence-corrected chi connectivity index (χ3v) is 4.39. The van der Waals surface area contributed by atoms with Crippen LogP contribution < -0.4 is 5.32 Å². The van der Waals surface area contributed by atoms with Gasteiger partial charge in [-0.15, -0.1) is 0 Å². The fourth-order valence-corrected chi connectivity index (χ4v) is 2.75. The van der Waals surface area contributed by atoms with E-state index in [9.17, 15) is 0 Å². The van der Waals surface area contributed by atoms with Gasteiger partial charge in [-0.05, 0) is 39.7 Å². The van der Waals surface area contributed by atoms with E-state index in [0.717, 1.165) is 50.4 Å². The van der Waals surface area contributed by atoms with E-state index >= 15 is 0 Å². The Kier molecular flexibility index (Phi) is 3.89. The van der Waals surface area contributed by atoms with E-state index in [-0.39, 0.29) is 5.54 Å². The van der Waals surface area contributed by atoms with Crippen molar-refractivity contribution in [3.63, 3.8) is 0 Å². The fraction of sp³-hybridized carbons (Fsp3) is 0.750. The molecule has 2 aliphatic rings. The van der Waals surface area contributed by atoms with Gasteiger partial charge in [0.15, 0.2) is 0 Å². The van der Waals surface area contributed by atoms with Gasteiger partial charge in [-0.3, -0.25) is 4.90 Å². The van der Waals surface area contributed by atoms with Crippen LogP contribution in [-0.4, -0.2) is 36.2 Å². The Morgan fingerprint density at radius 1 is 1.40 bits per heavy atom. The van der Waals surface area contributed by atoms with Crippen molar-refractivity contribution >= 4 is 0 Å². The van der Waals surface area contributed by atoms with Crippen molar-refractivity contribution in [3.05, 3.63) is 23.2 Å². The van der Waals surface area contributed by atoms with Crippen molar-refractivity contribution in [3.8, 4) is 0 Å². The molecular formula is C16H26N2O2. The maximum Gasteiger partial charge on any atom is 0.118 e. The second-order valence-electron chi connectivity index (χ2n) is 6.74. The molecule has 2 heterocycles. The number of furan rings is 1. The highest BCUT2D eigenvalue weighted by molar-refractivity contribution is 5.21. The molecule has 1 aliphatic carbocycles. The van der Waals surface area contributed by atoms with Gasteiger partial charge in [0.2, 0.25) is 0 Å². The molecule has 0 aromatic carbocycles. The predicted octanol–water partition coefficient (Wildman–Crippen LogP) is 2.45. The Hall–Kier alpha value is -0.840. The zero-order valence-corrected chi connectivity index (χ0v) is 12.9. The first kappa shape index (κ1) is 14.1. The Balaban J connectivity index is 1.62. The van der Waals surface area contributed by atoms with Crippen LogP contribution >= 0.6 is 0 Å². The number of nitrogens with one attached hydrogen (secondary N) is 1. The summed E-state index contributed by atoms with van der Waals surface area (Å²) in [6.45, 7) is 10.9.